The maximum atomic E-state index is 13.5. The van der Waals surface area contributed by atoms with Crippen LogP contribution in [0.2, 0.25) is 0 Å². The van der Waals surface area contributed by atoms with Gasteiger partial charge in [0.15, 0.2) is 0 Å². The van der Waals surface area contributed by atoms with Crippen molar-refractivity contribution in [3.8, 4) is 5.75 Å². The van der Waals surface area contributed by atoms with Gasteiger partial charge in [-0.05, 0) is 60.6 Å². The van der Waals surface area contributed by atoms with Gasteiger partial charge in [-0.15, -0.1) is 0 Å². The number of carboxylic acids is 2. The van der Waals surface area contributed by atoms with Gasteiger partial charge in [-0.1, -0.05) is 30.3 Å². The van der Waals surface area contributed by atoms with Gasteiger partial charge < -0.3 is 42.0 Å². The molecule has 0 aliphatic carbocycles. The number of aromatic hydroxyl groups is 1. The van der Waals surface area contributed by atoms with Crippen LogP contribution in [0.25, 0.3) is 10.9 Å². The second-order valence-corrected chi connectivity index (χ2v) is 11.3. The van der Waals surface area contributed by atoms with Gasteiger partial charge in [0.25, 0.3) is 0 Å². The van der Waals surface area contributed by atoms with Gasteiger partial charge >= 0.3 is 11.9 Å². The molecule has 4 atom stereocenters. The lowest BCUT2D eigenvalue weighted by atomic mass is 10.0. The number of aromatic amines is 1. The molecule has 9 N–H and O–H groups in total. The number of benzene rings is 2. The Morgan fingerprint density at radius 1 is 0.841 bits per heavy atom. The van der Waals surface area contributed by atoms with Crippen molar-refractivity contribution >= 4 is 52.3 Å². The average molecular weight is 628 g/mol. The fraction of sp³-hybridized carbons (Fsp3) is 0.367. The van der Waals surface area contributed by atoms with Gasteiger partial charge in [0.1, 0.15) is 23.9 Å². The number of nitrogens with two attached hydrogens (primary N) is 1. The molecule has 0 fully saturated rings. The third-order valence-corrected chi connectivity index (χ3v) is 7.61. The Kier molecular flexibility index (Phi) is 12.6. The topological polar surface area (TPSA) is 224 Å². The second-order valence-electron chi connectivity index (χ2n) is 10.3. The lowest BCUT2D eigenvalue weighted by Gasteiger charge is -2.25. The average Bonchev–Trinajstić information content (AvgIpc) is 3.40. The molecule has 4 unspecified atom stereocenters. The summed E-state index contributed by atoms with van der Waals surface area (Å²) in [4.78, 5) is 65.9. The minimum Gasteiger partial charge on any atom is -0.508 e. The van der Waals surface area contributed by atoms with E-state index in [-0.39, 0.29) is 31.4 Å². The summed E-state index contributed by atoms with van der Waals surface area (Å²) in [5.74, 6) is -4.33. The predicted octanol–water partition coefficient (Wildman–Crippen LogP) is 1.14. The number of phenols is 1. The first-order valence-electron chi connectivity index (χ1n) is 13.9. The summed E-state index contributed by atoms with van der Waals surface area (Å²) in [5.41, 5.74) is 8.50. The normalized spacial score (nSPS) is 13.8. The Morgan fingerprint density at radius 3 is 2.14 bits per heavy atom. The fourth-order valence-corrected chi connectivity index (χ4v) is 5.03. The summed E-state index contributed by atoms with van der Waals surface area (Å²) in [6.07, 6.45) is 2.98. The lowest BCUT2D eigenvalue weighted by molar-refractivity contribution is -0.143. The van der Waals surface area contributed by atoms with E-state index < -0.39 is 60.2 Å². The highest BCUT2D eigenvalue weighted by Gasteiger charge is 2.31. The van der Waals surface area contributed by atoms with Crippen LogP contribution >= 0.6 is 11.8 Å². The molecule has 0 saturated heterocycles. The number of phenolic OH excluding ortho intramolecular Hbond substituents is 1. The number of fused-ring (bicyclic) bond motifs is 1. The summed E-state index contributed by atoms with van der Waals surface area (Å²) in [7, 11) is 0. The number of H-pyrrole nitrogens is 1. The van der Waals surface area contributed by atoms with Crippen LogP contribution in [0.5, 0.6) is 5.75 Å². The molecule has 0 bridgehead atoms. The van der Waals surface area contributed by atoms with Crippen LogP contribution in [0.1, 0.15) is 30.4 Å². The standard InChI is InChI=1S/C30H37N5O8S/c1-44-13-12-24(30(42)43)34-28(40)23(10-11-26(37)38)33-29(41)25(14-17-6-8-19(36)9-7-17)35-27(39)21(31)15-18-16-32-22-5-3-2-4-20(18)22/h2-9,16,21,23-25,32,36H,10-15,31H2,1H3,(H,33,41)(H,34,40)(H,35,39)(H,37,38)(H,42,43). The summed E-state index contributed by atoms with van der Waals surface area (Å²) in [6.45, 7) is 0. The smallest absolute Gasteiger partial charge is 0.326 e. The number of thioether (sulfide) groups is 1. The van der Waals surface area contributed by atoms with Crippen LogP contribution in [0.4, 0.5) is 0 Å². The minimum absolute atomic E-state index is 0.000554. The van der Waals surface area contributed by atoms with Crippen LogP contribution in [-0.4, -0.2) is 86.1 Å². The molecule has 3 rings (SSSR count). The first-order valence-corrected chi connectivity index (χ1v) is 15.3. The number of carbonyl (C=O) groups excluding carboxylic acids is 3. The molecule has 44 heavy (non-hydrogen) atoms. The van der Waals surface area contributed by atoms with Gasteiger partial charge in [0.05, 0.1) is 6.04 Å². The number of hydrogen-bond acceptors (Lipinski definition) is 8. The molecular weight excluding hydrogens is 590 g/mol. The van der Waals surface area contributed by atoms with Crippen molar-refractivity contribution in [1.82, 2.24) is 20.9 Å². The second kappa shape index (κ2) is 16.3. The number of aromatic nitrogens is 1. The van der Waals surface area contributed by atoms with Crippen LogP contribution in [0, 0.1) is 0 Å². The zero-order chi connectivity index (χ0) is 32.2. The van der Waals surface area contributed by atoms with E-state index >= 15 is 0 Å². The van der Waals surface area contributed by atoms with Gasteiger partial charge in [0, 0.05) is 29.9 Å². The summed E-state index contributed by atoms with van der Waals surface area (Å²) < 4.78 is 0. The molecule has 0 aliphatic heterocycles. The minimum atomic E-state index is -1.39. The van der Waals surface area contributed by atoms with Gasteiger partial charge in [-0.25, -0.2) is 4.79 Å². The number of para-hydroxylation sites is 1. The van der Waals surface area contributed by atoms with E-state index in [9.17, 15) is 39.3 Å². The van der Waals surface area contributed by atoms with E-state index in [0.29, 0.717) is 11.3 Å². The molecule has 13 nitrogen and oxygen atoms in total. The van der Waals surface area contributed by atoms with Crippen molar-refractivity contribution in [1.29, 1.82) is 0 Å². The maximum absolute atomic E-state index is 13.5. The highest BCUT2D eigenvalue weighted by atomic mass is 32.2. The molecule has 0 spiro atoms. The van der Waals surface area contributed by atoms with Crippen molar-refractivity contribution in [3.63, 3.8) is 0 Å². The molecule has 0 aliphatic rings. The third kappa shape index (κ3) is 10.0. The van der Waals surface area contributed by atoms with E-state index in [0.717, 1.165) is 16.5 Å². The van der Waals surface area contributed by atoms with E-state index in [1.54, 1.807) is 24.6 Å². The molecule has 1 aromatic heterocycles. The number of aliphatic carboxylic acids is 2. The summed E-state index contributed by atoms with van der Waals surface area (Å²) in [6, 6.07) is 8.55. The van der Waals surface area contributed by atoms with E-state index in [1.807, 2.05) is 24.3 Å². The first kappa shape index (κ1) is 33.9. The zero-order valence-electron chi connectivity index (χ0n) is 24.1. The number of carbonyl (C=O) groups is 5. The highest BCUT2D eigenvalue weighted by molar-refractivity contribution is 7.98. The molecule has 236 valence electrons. The van der Waals surface area contributed by atoms with Crippen LogP contribution in [-0.2, 0) is 36.8 Å². The Hall–Kier alpha value is -4.56. The molecule has 0 radical (unpaired) electrons. The SMILES string of the molecule is CSCCC(NC(=O)C(CCC(=O)O)NC(=O)C(Cc1ccc(O)cc1)NC(=O)C(N)Cc1c[nH]c2ccccc12)C(=O)O. The first-order chi connectivity index (χ1) is 21.0. The zero-order valence-corrected chi connectivity index (χ0v) is 24.9. The van der Waals surface area contributed by atoms with Crippen LogP contribution in [0.15, 0.2) is 54.7 Å². The number of nitrogens with one attached hydrogen (secondary N) is 4. The molecule has 3 aromatic rings. The highest BCUT2D eigenvalue weighted by Crippen LogP contribution is 2.19. The van der Waals surface area contributed by atoms with Gasteiger partial charge in [0.2, 0.25) is 17.7 Å². The summed E-state index contributed by atoms with van der Waals surface area (Å²) >= 11 is 1.39. The molecule has 2 aromatic carbocycles. The van der Waals surface area contributed by atoms with Gasteiger partial charge in [-0.2, -0.15) is 11.8 Å². The molecule has 3 amide bonds. The predicted molar refractivity (Wildman–Crippen MR) is 165 cm³/mol. The van der Waals surface area contributed by atoms with Crippen molar-refractivity contribution in [2.24, 2.45) is 5.73 Å². The quantitative estimate of drug-likeness (QED) is 0.107. The molecule has 1 heterocycles. The van der Waals surface area contributed by atoms with E-state index in [1.165, 1.54) is 23.9 Å². The number of amides is 3. The van der Waals surface area contributed by atoms with Crippen molar-refractivity contribution in [2.75, 3.05) is 12.0 Å². The summed E-state index contributed by atoms with van der Waals surface area (Å²) in [5, 5.41) is 36.8. The van der Waals surface area contributed by atoms with Gasteiger partial charge in [-0.3, -0.25) is 19.2 Å². The lowest BCUT2D eigenvalue weighted by Crippen LogP contribution is -2.57. The molecular formula is C30H37N5O8S. The van der Waals surface area contributed by atoms with Crippen LogP contribution in [0.3, 0.4) is 0 Å². The van der Waals surface area contributed by atoms with E-state index in [4.69, 9.17) is 5.73 Å². The van der Waals surface area contributed by atoms with Crippen LogP contribution < -0.4 is 21.7 Å². The number of rotatable bonds is 17. The molecule has 0 saturated carbocycles. The fourth-order valence-electron chi connectivity index (χ4n) is 4.56. The Bertz CT molecular complexity index is 1460. The largest absolute Gasteiger partial charge is 0.508 e. The third-order valence-electron chi connectivity index (χ3n) is 6.97. The van der Waals surface area contributed by atoms with Crippen molar-refractivity contribution in [2.45, 2.75) is 56.3 Å². The Balaban J connectivity index is 1.79. The van der Waals surface area contributed by atoms with E-state index in [2.05, 4.69) is 20.9 Å². The Labute approximate surface area is 258 Å². The van der Waals surface area contributed by atoms with Crippen molar-refractivity contribution in [3.05, 3.63) is 65.9 Å². The number of carboxylic acid groups (broad SMARTS) is 2. The maximum Gasteiger partial charge on any atom is 0.326 e. The monoisotopic (exact) mass is 627 g/mol. The molecule has 14 heteroatoms. The number of hydrogen-bond donors (Lipinski definition) is 8. The van der Waals surface area contributed by atoms with Crippen molar-refractivity contribution < 1.29 is 39.3 Å². The Morgan fingerprint density at radius 2 is 1.48 bits per heavy atom.